The third-order valence-corrected chi connectivity index (χ3v) is 5.70. The Morgan fingerprint density at radius 1 is 1.17 bits per heavy atom. The van der Waals surface area contributed by atoms with Gasteiger partial charge in [-0.1, -0.05) is 47.5 Å². The predicted molar refractivity (Wildman–Crippen MR) is 97.7 cm³/mol. The fourth-order valence-corrected chi connectivity index (χ4v) is 4.68. The lowest BCUT2D eigenvalue weighted by atomic mass is 9.72. The van der Waals surface area contributed by atoms with E-state index >= 15 is 0 Å². The van der Waals surface area contributed by atoms with Crippen LogP contribution in [0.25, 0.3) is 5.57 Å². The van der Waals surface area contributed by atoms with Gasteiger partial charge in [0.2, 0.25) is 0 Å². The number of halogens is 2. The molecule has 0 saturated carbocycles. The minimum Gasteiger partial charge on any atom is -0.379 e. The summed E-state index contributed by atoms with van der Waals surface area (Å²) in [6.07, 6.45) is 8.79. The van der Waals surface area contributed by atoms with E-state index in [2.05, 4.69) is 35.8 Å². The smallest absolute Gasteiger partial charge is 0.0634 e. The molecule has 2 nitrogen and oxygen atoms in total. The highest BCUT2D eigenvalue weighted by Gasteiger charge is 2.45. The van der Waals surface area contributed by atoms with Crippen LogP contribution in [0.2, 0.25) is 10.0 Å². The van der Waals surface area contributed by atoms with Gasteiger partial charge in [-0.15, -0.1) is 0 Å². The summed E-state index contributed by atoms with van der Waals surface area (Å²) in [5, 5.41) is 8.68. The number of nitrogens with one attached hydrogen (secondary N) is 2. The van der Waals surface area contributed by atoms with E-state index < -0.39 is 0 Å². The molecule has 2 heterocycles. The molecule has 0 amide bonds. The Morgan fingerprint density at radius 3 is 2.83 bits per heavy atom. The number of fused-ring (bicyclic) bond motifs is 2. The largest absolute Gasteiger partial charge is 0.379 e. The van der Waals surface area contributed by atoms with Crippen LogP contribution in [0, 0.1) is 5.92 Å². The van der Waals surface area contributed by atoms with Gasteiger partial charge in [-0.25, -0.2) is 0 Å². The Labute approximate surface area is 147 Å². The molecule has 0 fully saturated rings. The quantitative estimate of drug-likeness (QED) is 0.778. The van der Waals surface area contributed by atoms with Crippen molar-refractivity contribution in [3.05, 3.63) is 63.3 Å². The fraction of sp³-hybridized carbons (Fsp3) is 0.368. The van der Waals surface area contributed by atoms with Gasteiger partial charge in [0.05, 0.1) is 5.54 Å². The van der Waals surface area contributed by atoms with Crippen molar-refractivity contribution in [3.63, 3.8) is 0 Å². The zero-order chi connectivity index (χ0) is 16.0. The fourth-order valence-electron chi connectivity index (χ4n) is 4.16. The van der Waals surface area contributed by atoms with Crippen molar-refractivity contribution >= 4 is 28.8 Å². The minimum atomic E-state index is -0.0605. The van der Waals surface area contributed by atoms with Crippen molar-refractivity contribution < 1.29 is 0 Å². The molecule has 0 saturated heterocycles. The average Bonchev–Trinajstić information content (AvgIpc) is 2.64. The molecule has 1 aromatic rings. The van der Waals surface area contributed by atoms with Crippen molar-refractivity contribution in [1.29, 1.82) is 0 Å². The Morgan fingerprint density at radius 2 is 2.00 bits per heavy atom. The van der Waals surface area contributed by atoms with Crippen molar-refractivity contribution in [1.82, 2.24) is 10.6 Å². The standard InChI is InChI=1S/C19H20Cl2N2/c1-19-8-2-3-14(13-5-4-12(20)11-16(13)21)18(19)15-6-9-22-10-7-17(15)23-19/h2-5,8,11,18,22-23H,6-7,9-10H2,1H3. The van der Waals surface area contributed by atoms with E-state index in [1.54, 1.807) is 0 Å². The number of rotatable bonds is 1. The van der Waals surface area contributed by atoms with E-state index in [1.165, 1.54) is 16.8 Å². The first kappa shape index (κ1) is 15.3. The van der Waals surface area contributed by atoms with Crippen LogP contribution in [-0.4, -0.2) is 18.6 Å². The number of allylic oxidation sites excluding steroid dienone is 2. The van der Waals surface area contributed by atoms with Crippen LogP contribution in [0.15, 0.2) is 47.7 Å². The molecule has 1 aromatic carbocycles. The van der Waals surface area contributed by atoms with Crippen LogP contribution in [0.4, 0.5) is 0 Å². The zero-order valence-electron chi connectivity index (χ0n) is 13.1. The Kier molecular flexibility index (Phi) is 3.79. The van der Waals surface area contributed by atoms with Crippen LogP contribution < -0.4 is 10.6 Å². The summed E-state index contributed by atoms with van der Waals surface area (Å²) in [4.78, 5) is 0. The molecule has 23 heavy (non-hydrogen) atoms. The molecule has 1 aliphatic carbocycles. The van der Waals surface area contributed by atoms with Gasteiger partial charge in [0.1, 0.15) is 0 Å². The van der Waals surface area contributed by atoms with Gasteiger partial charge in [-0.05, 0) is 55.2 Å². The normalized spacial score (nSPS) is 29.5. The summed E-state index contributed by atoms with van der Waals surface area (Å²) in [5.41, 5.74) is 5.25. The summed E-state index contributed by atoms with van der Waals surface area (Å²) in [5.74, 6) is 0.334. The third kappa shape index (κ3) is 2.53. The molecule has 2 unspecified atom stereocenters. The lowest BCUT2D eigenvalue weighted by Crippen LogP contribution is -2.43. The Hall–Kier alpha value is -1.22. The summed E-state index contributed by atoms with van der Waals surface area (Å²) in [6.45, 7) is 4.37. The van der Waals surface area contributed by atoms with Gasteiger partial charge in [-0.2, -0.15) is 0 Å². The lowest BCUT2D eigenvalue weighted by Gasteiger charge is -2.36. The van der Waals surface area contributed by atoms with E-state index in [0.29, 0.717) is 10.9 Å². The molecular formula is C19H20Cl2N2. The van der Waals surface area contributed by atoms with Gasteiger partial charge in [0.15, 0.2) is 0 Å². The number of benzene rings is 1. The highest BCUT2D eigenvalue weighted by atomic mass is 35.5. The van der Waals surface area contributed by atoms with Crippen molar-refractivity contribution in [2.75, 3.05) is 13.1 Å². The molecule has 4 heteroatoms. The van der Waals surface area contributed by atoms with E-state index in [-0.39, 0.29) is 5.54 Å². The average molecular weight is 347 g/mol. The molecule has 2 N–H and O–H groups in total. The maximum atomic E-state index is 6.51. The van der Waals surface area contributed by atoms with E-state index in [9.17, 15) is 0 Å². The van der Waals surface area contributed by atoms with Gasteiger partial charge < -0.3 is 10.6 Å². The molecule has 3 aliphatic rings. The van der Waals surface area contributed by atoms with Gasteiger partial charge >= 0.3 is 0 Å². The second-order valence-corrected chi connectivity index (χ2v) is 7.54. The van der Waals surface area contributed by atoms with Crippen molar-refractivity contribution in [2.24, 2.45) is 5.92 Å². The molecule has 0 spiro atoms. The Balaban J connectivity index is 1.82. The second kappa shape index (κ2) is 5.70. The molecule has 0 radical (unpaired) electrons. The molecule has 4 rings (SSSR count). The third-order valence-electron chi connectivity index (χ3n) is 5.15. The first-order valence-corrected chi connectivity index (χ1v) is 8.90. The summed E-state index contributed by atoms with van der Waals surface area (Å²) in [6, 6.07) is 5.80. The first-order valence-electron chi connectivity index (χ1n) is 8.14. The van der Waals surface area contributed by atoms with E-state index in [4.69, 9.17) is 23.2 Å². The van der Waals surface area contributed by atoms with Gasteiger partial charge in [-0.3, -0.25) is 0 Å². The molecule has 2 aliphatic heterocycles. The monoisotopic (exact) mass is 346 g/mol. The predicted octanol–water partition coefficient (Wildman–Crippen LogP) is 4.56. The highest BCUT2D eigenvalue weighted by Crippen LogP contribution is 2.49. The lowest BCUT2D eigenvalue weighted by molar-refractivity contribution is 0.439. The van der Waals surface area contributed by atoms with Crippen LogP contribution in [0.1, 0.15) is 25.3 Å². The van der Waals surface area contributed by atoms with Gasteiger partial charge in [0.25, 0.3) is 0 Å². The zero-order valence-corrected chi connectivity index (χ0v) is 14.6. The maximum absolute atomic E-state index is 6.51. The molecule has 0 aromatic heterocycles. The SMILES string of the molecule is CC12C=CC=C(c3ccc(Cl)cc3Cl)C1C1=C(CCNCC1)N2. The molecule has 120 valence electrons. The molecule has 0 bridgehead atoms. The second-order valence-electron chi connectivity index (χ2n) is 6.70. The summed E-state index contributed by atoms with van der Waals surface area (Å²) in [7, 11) is 0. The van der Waals surface area contributed by atoms with Crippen molar-refractivity contribution in [3.8, 4) is 0 Å². The number of hydrogen-bond acceptors (Lipinski definition) is 2. The van der Waals surface area contributed by atoms with Crippen LogP contribution in [0.5, 0.6) is 0 Å². The summed E-state index contributed by atoms with van der Waals surface area (Å²) >= 11 is 12.6. The van der Waals surface area contributed by atoms with Gasteiger partial charge in [0, 0.05) is 28.2 Å². The first-order chi connectivity index (χ1) is 11.1. The van der Waals surface area contributed by atoms with Crippen LogP contribution in [-0.2, 0) is 0 Å². The summed E-state index contributed by atoms with van der Waals surface area (Å²) < 4.78 is 0. The minimum absolute atomic E-state index is 0.0605. The van der Waals surface area contributed by atoms with Crippen LogP contribution >= 0.6 is 23.2 Å². The highest BCUT2D eigenvalue weighted by molar-refractivity contribution is 6.35. The Bertz CT molecular complexity index is 748. The number of hydrogen-bond donors (Lipinski definition) is 2. The van der Waals surface area contributed by atoms with E-state index in [1.807, 2.05) is 18.2 Å². The molecular weight excluding hydrogens is 327 g/mol. The topological polar surface area (TPSA) is 24.1 Å². The maximum Gasteiger partial charge on any atom is 0.0634 e. The van der Waals surface area contributed by atoms with E-state index in [0.717, 1.165) is 36.5 Å². The molecule has 2 atom stereocenters. The van der Waals surface area contributed by atoms with Crippen LogP contribution in [0.3, 0.4) is 0 Å². The van der Waals surface area contributed by atoms with Crippen molar-refractivity contribution in [2.45, 2.75) is 25.3 Å².